The molecular formula is C58H35N3S. The van der Waals surface area contributed by atoms with Crippen LogP contribution < -0.4 is 0 Å². The number of hydrogen-bond acceptors (Lipinski definition) is 4. The molecule has 13 rings (SSSR count). The zero-order chi connectivity index (χ0) is 40.8. The van der Waals surface area contributed by atoms with Crippen LogP contribution in [-0.4, -0.2) is 15.0 Å². The van der Waals surface area contributed by atoms with E-state index in [1.807, 2.05) is 18.2 Å². The van der Waals surface area contributed by atoms with Crippen LogP contribution in [0, 0.1) is 0 Å². The Morgan fingerprint density at radius 3 is 1.53 bits per heavy atom. The van der Waals surface area contributed by atoms with Gasteiger partial charge in [0.05, 0.1) is 5.41 Å². The molecule has 62 heavy (non-hydrogen) atoms. The summed E-state index contributed by atoms with van der Waals surface area (Å²) in [4.78, 5) is 15.7. The van der Waals surface area contributed by atoms with E-state index in [2.05, 4.69) is 194 Å². The molecule has 0 aliphatic heterocycles. The van der Waals surface area contributed by atoms with Crippen LogP contribution in [0.2, 0.25) is 0 Å². The second-order valence-electron chi connectivity index (χ2n) is 16.2. The summed E-state index contributed by atoms with van der Waals surface area (Å²) in [7, 11) is 0. The van der Waals surface area contributed by atoms with Gasteiger partial charge in [-0.1, -0.05) is 194 Å². The average molecular weight is 806 g/mol. The smallest absolute Gasteiger partial charge is 0.165 e. The van der Waals surface area contributed by atoms with Gasteiger partial charge in [-0.15, -0.1) is 11.3 Å². The van der Waals surface area contributed by atoms with Crippen LogP contribution in [0.5, 0.6) is 0 Å². The third kappa shape index (κ3) is 5.02. The van der Waals surface area contributed by atoms with Crippen molar-refractivity contribution in [2.45, 2.75) is 5.41 Å². The predicted molar refractivity (Wildman–Crippen MR) is 256 cm³/mol. The fourth-order valence-corrected chi connectivity index (χ4v) is 11.6. The van der Waals surface area contributed by atoms with Crippen LogP contribution in [-0.2, 0) is 5.41 Å². The Morgan fingerprint density at radius 2 is 0.774 bits per heavy atom. The summed E-state index contributed by atoms with van der Waals surface area (Å²) in [6.45, 7) is 0. The van der Waals surface area contributed by atoms with E-state index in [-0.39, 0.29) is 0 Å². The van der Waals surface area contributed by atoms with Crippen molar-refractivity contribution in [3.05, 3.63) is 235 Å². The third-order valence-corrected chi connectivity index (χ3v) is 14.2. The van der Waals surface area contributed by atoms with Gasteiger partial charge in [0.25, 0.3) is 0 Å². The van der Waals surface area contributed by atoms with Gasteiger partial charge in [0.15, 0.2) is 17.5 Å². The minimum absolute atomic E-state index is 0.396. The van der Waals surface area contributed by atoms with Crippen molar-refractivity contribution in [2.75, 3.05) is 0 Å². The lowest BCUT2D eigenvalue weighted by molar-refractivity contribution is 0.794. The first-order chi connectivity index (χ1) is 30.8. The van der Waals surface area contributed by atoms with Crippen LogP contribution in [0.4, 0.5) is 0 Å². The highest BCUT2D eigenvalue weighted by atomic mass is 32.1. The number of benzene rings is 9. The number of thiophene rings is 1. The summed E-state index contributed by atoms with van der Waals surface area (Å²) in [5.74, 6) is 1.95. The fourth-order valence-electron chi connectivity index (χ4n) is 10.4. The van der Waals surface area contributed by atoms with Crippen LogP contribution in [0.3, 0.4) is 0 Å². The normalized spacial score (nSPS) is 13.0. The van der Waals surface area contributed by atoms with Crippen LogP contribution in [0.15, 0.2) is 212 Å². The summed E-state index contributed by atoms with van der Waals surface area (Å²) in [6.07, 6.45) is 0. The molecule has 3 nitrogen and oxygen atoms in total. The monoisotopic (exact) mass is 805 g/mol. The highest BCUT2D eigenvalue weighted by Gasteiger charge is 2.51. The maximum Gasteiger partial charge on any atom is 0.165 e. The van der Waals surface area contributed by atoms with E-state index in [4.69, 9.17) is 15.0 Å². The number of aromatic nitrogens is 3. The first kappa shape index (κ1) is 35.0. The maximum atomic E-state index is 5.32. The maximum absolute atomic E-state index is 5.32. The zero-order valence-corrected chi connectivity index (χ0v) is 34.3. The van der Waals surface area contributed by atoms with Crippen LogP contribution in [0.25, 0.3) is 98.8 Å². The number of rotatable bonds is 5. The lowest BCUT2D eigenvalue weighted by Crippen LogP contribution is -2.25. The zero-order valence-electron chi connectivity index (χ0n) is 33.5. The number of hydrogen-bond donors (Lipinski definition) is 0. The molecule has 0 N–H and O–H groups in total. The van der Waals surface area contributed by atoms with Crippen molar-refractivity contribution in [2.24, 2.45) is 0 Å². The van der Waals surface area contributed by atoms with E-state index >= 15 is 0 Å². The molecule has 2 heterocycles. The summed E-state index contributed by atoms with van der Waals surface area (Å²) in [6, 6.07) is 76.8. The molecule has 0 fully saturated rings. The van der Waals surface area contributed by atoms with Crippen molar-refractivity contribution in [3.63, 3.8) is 0 Å². The average Bonchev–Trinajstić information content (AvgIpc) is 3.99. The molecule has 288 valence electrons. The Kier molecular flexibility index (Phi) is 7.69. The highest BCUT2D eigenvalue weighted by molar-refractivity contribution is 7.26. The molecule has 0 amide bonds. The molecule has 0 saturated carbocycles. The van der Waals surface area contributed by atoms with Crippen LogP contribution >= 0.6 is 11.3 Å². The SMILES string of the molecule is c1ccc(-c2nc(-c3ccccc3-c3cccc(-c4cccc5c4-c4ccccc4C54c5ccccc5-c5ccccc54)c3)nc(-c3cccc4c3sc3ccccc34)n2)cc1. The van der Waals surface area contributed by atoms with Gasteiger partial charge < -0.3 is 0 Å². The molecule has 0 atom stereocenters. The minimum atomic E-state index is -0.396. The Morgan fingerprint density at radius 1 is 0.306 bits per heavy atom. The lowest BCUT2D eigenvalue weighted by Gasteiger charge is -2.30. The van der Waals surface area contributed by atoms with E-state index < -0.39 is 5.41 Å². The standard InChI is InChI=1S/C58H35N3S/c1-2-17-36(18-3-1)55-59-56(61-57(60-55)47-29-15-28-44-43-24-9-13-34-52(43)62-54(44)47)45-25-5-4-21-39(45)37-19-14-20-38(35-37)40-27-16-33-51-53(40)46-26-8-12-32-50(46)58(51)48-30-10-6-22-41(48)42-23-7-11-31-49(42)58/h1-35H. The quantitative estimate of drug-likeness (QED) is 0.174. The second-order valence-corrected chi connectivity index (χ2v) is 17.2. The molecule has 2 aliphatic rings. The van der Waals surface area contributed by atoms with Crippen molar-refractivity contribution in [3.8, 4) is 78.7 Å². The van der Waals surface area contributed by atoms with Gasteiger partial charge in [0, 0.05) is 36.9 Å². The minimum Gasteiger partial charge on any atom is -0.208 e. The van der Waals surface area contributed by atoms with E-state index in [1.165, 1.54) is 75.8 Å². The van der Waals surface area contributed by atoms with Crippen molar-refractivity contribution in [1.29, 1.82) is 0 Å². The van der Waals surface area contributed by atoms with Gasteiger partial charge in [-0.3, -0.25) is 0 Å². The second kappa shape index (κ2) is 13.6. The third-order valence-electron chi connectivity index (χ3n) is 13.0. The van der Waals surface area contributed by atoms with Gasteiger partial charge >= 0.3 is 0 Å². The van der Waals surface area contributed by atoms with E-state index in [1.54, 1.807) is 11.3 Å². The Bertz CT molecular complexity index is 3560. The first-order valence-electron chi connectivity index (χ1n) is 21.1. The molecule has 11 aromatic rings. The fraction of sp³-hybridized carbons (Fsp3) is 0.0172. The van der Waals surface area contributed by atoms with Gasteiger partial charge in [0.2, 0.25) is 0 Å². The molecule has 9 aromatic carbocycles. The predicted octanol–water partition coefficient (Wildman–Crippen LogP) is 14.9. The summed E-state index contributed by atoms with van der Waals surface area (Å²) in [5.41, 5.74) is 17.6. The highest BCUT2D eigenvalue weighted by Crippen LogP contribution is 2.64. The first-order valence-corrected chi connectivity index (χ1v) is 21.9. The molecule has 2 aromatic heterocycles. The molecule has 0 unspecified atom stereocenters. The van der Waals surface area contributed by atoms with E-state index in [0.29, 0.717) is 17.5 Å². The number of nitrogens with zero attached hydrogens (tertiary/aromatic N) is 3. The lowest BCUT2D eigenvalue weighted by atomic mass is 9.70. The summed E-state index contributed by atoms with van der Waals surface area (Å²) >= 11 is 1.79. The van der Waals surface area contributed by atoms with Gasteiger partial charge in [-0.25, -0.2) is 15.0 Å². The molecule has 2 aliphatic carbocycles. The number of fused-ring (bicyclic) bond motifs is 13. The van der Waals surface area contributed by atoms with Crippen molar-refractivity contribution >= 4 is 31.5 Å². The summed E-state index contributed by atoms with van der Waals surface area (Å²) < 4.78 is 2.42. The largest absolute Gasteiger partial charge is 0.208 e. The topological polar surface area (TPSA) is 38.7 Å². The van der Waals surface area contributed by atoms with E-state index in [9.17, 15) is 0 Å². The Hall–Kier alpha value is -7.79. The summed E-state index contributed by atoms with van der Waals surface area (Å²) in [5, 5.41) is 2.46. The van der Waals surface area contributed by atoms with Gasteiger partial charge in [0.1, 0.15) is 0 Å². The Balaban J connectivity index is 0.988. The van der Waals surface area contributed by atoms with E-state index in [0.717, 1.165) is 27.8 Å². The van der Waals surface area contributed by atoms with Gasteiger partial charge in [-0.05, 0) is 85.0 Å². The molecule has 0 saturated heterocycles. The molecule has 4 heteroatoms. The van der Waals surface area contributed by atoms with Crippen LogP contribution in [0.1, 0.15) is 22.3 Å². The van der Waals surface area contributed by atoms with Crippen molar-refractivity contribution in [1.82, 2.24) is 15.0 Å². The molecule has 0 radical (unpaired) electrons. The molecule has 0 bridgehead atoms. The molecular weight excluding hydrogens is 771 g/mol. The van der Waals surface area contributed by atoms with Crippen molar-refractivity contribution < 1.29 is 0 Å². The molecule has 1 spiro atoms. The Labute approximate surface area is 363 Å². The van der Waals surface area contributed by atoms with Gasteiger partial charge in [-0.2, -0.15) is 0 Å².